The average Bonchev–Trinajstić information content (AvgIpc) is 3.19. The number of aryl methyl sites for hydroxylation is 1. The van der Waals surface area contributed by atoms with Gasteiger partial charge in [-0.15, -0.1) is 0 Å². The van der Waals surface area contributed by atoms with Gasteiger partial charge in [0.25, 0.3) is 0 Å². The van der Waals surface area contributed by atoms with Gasteiger partial charge in [-0.2, -0.15) is 0 Å². The Morgan fingerprint density at radius 2 is 2.10 bits per heavy atom. The van der Waals surface area contributed by atoms with E-state index in [1.165, 1.54) is 31.2 Å². The fraction of sp³-hybridized carbons (Fsp3) is 0.615. The molecule has 1 fully saturated rings. The number of unbranched alkanes of at least 4 members (excludes halogenated alkanes) is 2. The third-order valence-corrected chi connectivity index (χ3v) is 6.63. The molecule has 0 saturated heterocycles. The highest BCUT2D eigenvalue weighted by atomic mass is 16.3. The van der Waals surface area contributed by atoms with Crippen LogP contribution in [-0.4, -0.2) is 35.5 Å². The van der Waals surface area contributed by atoms with Gasteiger partial charge in [-0.3, -0.25) is 0 Å². The minimum Gasteiger partial charge on any atom is -0.392 e. The molecule has 1 aromatic carbocycles. The molecule has 5 atom stereocenters. The summed E-state index contributed by atoms with van der Waals surface area (Å²) in [4.78, 5) is 0. The predicted octanol–water partition coefficient (Wildman–Crippen LogP) is 4.57. The number of aliphatic hydroxyl groups is 2. The summed E-state index contributed by atoms with van der Waals surface area (Å²) < 4.78 is 0. The van der Waals surface area contributed by atoms with Crippen molar-refractivity contribution in [2.75, 3.05) is 13.1 Å². The lowest BCUT2D eigenvalue weighted by Gasteiger charge is -2.19. The molecule has 1 aromatic rings. The minimum atomic E-state index is -0.492. The van der Waals surface area contributed by atoms with E-state index in [-0.39, 0.29) is 12.0 Å². The van der Waals surface area contributed by atoms with Crippen molar-refractivity contribution in [1.82, 2.24) is 5.32 Å². The summed E-state index contributed by atoms with van der Waals surface area (Å²) in [7, 11) is 0. The van der Waals surface area contributed by atoms with Crippen molar-refractivity contribution in [2.45, 2.75) is 71.0 Å². The number of rotatable bonds is 11. The van der Waals surface area contributed by atoms with E-state index in [4.69, 9.17) is 0 Å². The molecule has 3 N–H and O–H groups in total. The molecule has 160 valence electrons. The zero-order valence-corrected chi connectivity index (χ0v) is 18.2. The third-order valence-electron chi connectivity index (χ3n) is 6.63. The van der Waals surface area contributed by atoms with Gasteiger partial charge >= 0.3 is 0 Å². The van der Waals surface area contributed by atoms with Crippen LogP contribution < -0.4 is 5.32 Å². The first-order chi connectivity index (χ1) is 14.1. The molecular weight excluding hydrogens is 358 g/mol. The van der Waals surface area contributed by atoms with Gasteiger partial charge < -0.3 is 15.5 Å². The summed E-state index contributed by atoms with van der Waals surface area (Å²) in [6, 6.07) is 8.31. The van der Waals surface area contributed by atoms with Gasteiger partial charge in [0.2, 0.25) is 0 Å². The summed E-state index contributed by atoms with van der Waals surface area (Å²) in [6.45, 7) is 6.42. The lowest BCUT2D eigenvalue weighted by molar-refractivity contribution is 0.140. The minimum absolute atomic E-state index is 0.176. The molecule has 3 nitrogen and oxygen atoms in total. The number of hydrogen-bond donors (Lipinski definition) is 3. The number of aliphatic hydroxyl groups excluding tert-OH is 2. The predicted molar refractivity (Wildman–Crippen MR) is 121 cm³/mol. The Morgan fingerprint density at radius 3 is 2.90 bits per heavy atom. The summed E-state index contributed by atoms with van der Waals surface area (Å²) in [5.74, 6) is 1.21. The lowest BCUT2D eigenvalue weighted by atomic mass is 9.88. The summed E-state index contributed by atoms with van der Waals surface area (Å²) >= 11 is 0. The highest BCUT2D eigenvalue weighted by Crippen LogP contribution is 2.48. The van der Waals surface area contributed by atoms with Crippen LogP contribution in [0.25, 0.3) is 0 Å². The van der Waals surface area contributed by atoms with E-state index in [9.17, 15) is 10.2 Å². The quantitative estimate of drug-likeness (QED) is 0.379. The molecule has 2 aliphatic carbocycles. The molecule has 0 amide bonds. The molecule has 0 spiro atoms. The van der Waals surface area contributed by atoms with Crippen molar-refractivity contribution < 1.29 is 10.2 Å². The molecule has 2 aliphatic rings. The third kappa shape index (κ3) is 6.53. The van der Waals surface area contributed by atoms with E-state index in [0.29, 0.717) is 18.3 Å². The molecule has 0 unspecified atom stereocenters. The van der Waals surface area contributed by atoms with Crippen molar-refractivity contribution in [2.24, 2.45) is 17.8 Å². The smallest absolute Gasteiger partial charge is 0.0761 e. The SMILES string of the molecule is CCNCCCCCC1=C[C@H]2C[C@@H](O)[C@H](/C=C/[C@@H](O)Cc3cccc(C)c3)[C@H]2C1. The van der Waals surface area contributed by atoms with Gasteiger partial charge in [-0.25, -0.2) is 0 Å². The highest BCUT2D eigenvalue weighted by Gasteiger charge is 2.43. The van der Waals surface area contributed by atoms with Crippen LogP contribution in [0.1, 0.15) is 56.6 Å². The maximum atomic E-state index is 10.5. The Kier molecular flexibility index (Phi) is 8.53. The fourth-order valence-electron chi connectivity index (χ4n) is 5.15. The Labute approximate surface area is 176 Å². The molecule has 0 aliphatic heterocycles. The van der Waals surface area contributed by atoms with Crippen LogP contribution in [-0.2, 0) is 6.42 Å². The average molecular weight is 398 g/mol. The molecular formula is C26H39NO2. The van der Waals surface area contributed by atoms with E-state index in [0.717, 1.165) is 31.5 Å². The number of hydrogen-bond acceptors (Lipinski definition) is 3. The second kappa shape index (κ2) is 11.1. The van der Waals surface area contributed by atoms with Gasteiger partial charge in [-0.05, 0) is 69.5 Å². The molecule has 0 aromatic heterocycles. The van der Waals surface area contributed by atoms with Crippen LogP contribution in [0, 0.1) is 24.7 Å². The maximum absolute atomic E-state index is 10.5. The summed E-state index contributed by atoms with van der Waals surface area (Å²) in [5, 5.41) is 24.4. The Balaban J connectivity index is 1.46. The first kappa shape index (κ1) is 22.3. The van der Waals surface area contributed by atoms with Crippen molar-refractivity contribution in [3.05, 3.63) is 59.2 Å². The number of nitrogens with one attached hydrogen (secondary N) is 1. The number of allylic oxidation sites excluding steroid dienone is 2. The van der Waals surface area contributed by atoms with E-state index in [2.05, 4.69) is 49.5 Å². The molecule has 0 heterocycles. The van der Waals surface area contributed by atoms with Gasteiger partial charge in [0.1, 0.15) is 0 Å². The second-order valence-electron chi connectivity index (χ2n) is 9.05. The lowest BCUT2D eigenvalue weighted by Crippen LogP contribution is -2.18. The van der Waals surface area contributed by atoms with Crippen molar-refractivity contribution in [1.29, 1.82) is 0 Å². The molecule has 0 bridgehead atoms. The standard InChI is InChI=1S/C26H39NO2/c1-3-27-13-6-4-5-9-21-15-22-18-26(29)24(25(22)17-21)12-11-23(28)16-20-10-7-8-19(2)14-20/h7-8,10-12,14-15,22-29H,3-6,9,13,16-18H2,1-2H3/b12-11+/t22-,23+,24+,25-,26+/m0/s1. The molecule has 29 heavy (non-hydrogen) atoms. The first-order valence-corrected chi connectivity index (χ1v) is 11.6. The van der Waals surface area contributed by atoms with Gasteiger partial charge in [0.15, 0.2) is 0 Å². The second-order valence-corrected chi connectivity index (χ2v) is 9.05. The monoisotopic (exact) mass is 397 g/mol. The highest BCUT2D eigenvalue weighted by molar-refractivity contribution is 5.24. The van der Waals surface area contributed by atoms with Crippen LogP contribution in [0.15, 0.2) is 48.1 Å². The van der Waals surface area contributed by atoms with Crippen LogP contribution in [0.3, 0.4) is 0 Å². The Bertz CT molecular complexity index is 696. The zero-order valence-electron chi connectivity index (χ0n) is 18.2. The number of benzene rings is 1. The Morgan fingerprint density at radius 1 is 1.24 bits per heavy atom. The van der Waals surface area contributed by atoms with Crippen LogP contribution in [0.4, 0.5) is 0 Å². The Hall–Kier alpha value is -1.42. The van der Waals surface area contributed by atoms with Crippen LogP contribution in [0.5, 0.6) is 0 Å². The molecule has 3 heteroatoms. The van der Waals surface area contributed by atoms with E-state index >= 15 is 0 Å². The van der Waals surface area contributed by atoms with Crippen molar-refractivity contribution in [3.63, 3.8) is 0 Å². The topological polar surface area (TPSA) is 52.5 Å². The summed E-state index contributed by atoms with van der Waals surface area (Å²) in [6.07, 6.45) is 13.4. The van der Waals surface area contributed by atoms with Gasteiger partial charge in [0, 0.05) is 12.3 Å². The molecule has 3 rings (SSSR count). The number of fused-ring (bicyclic) bond motifs is 1. The van der Waals surface area contributed by atoms with Crippen molar-refractivity contribution >= 4 is 0 Å². The van der Waals surface area contributed by atoms with E-state index in [1.54, 1.807) is 5.57 Å². The van der Waals surface area contributed by atoms with Gasteiger partial charge in [-0.1, -0.05) is 67.0 Å². The molecule has 1 saturated carbocycles. The first-order valence-electron chi connectivity index (χ1n) is 11.6. The van der Waals surface area contributed by atoms with Crippen LogP contribution >= 0.6 is 0 Å². The fourth-order valence-corrected chi connectivity index (χ4v) is 5.15. The van der Waals surface area contributed by atoms with Gasteiger partial charge in [0.05, 0.1) is 12.2 Å². The van der Waals surface area contributed by atoms with E-state index < -0.39 is 6.10 Å². The summed E-state index contributed by atoms with van der Waals surface area (Å²) in [5.41, 5.74) is 3.97. The molecule has 0 radical (unpaired) electrons. The van der Waals surface area contributed by atoms with E-state index in [1.807, 2.05) is 12.1 Å². The maximum Gasteiger partial charge on any atom is 0.0761 e. The normalized spacial score (nSPS) is 27.4. The zero-order chi connectivity index (χ0) is 20.6. The largest absolute Gasteiger partial charge is 0.392 e. The van der Waals surface area contributed by atoms with Crippen molar-refractivity contribution in [3.8, 4) is 0 Å². The van der Waals surface area contributed by atoms with Crippen LogP contribution in [0.2, 0.25) is 0 Å².